The lowest BCUT2D eigenvalue weighted by atomic mass is 9.77. The topological polar surface area (TPSA) is 34.1 Å². The predicted molar refractivity (Wildman–Crippen MR) is 105 cm³/mol. The van der Waals surface area contributed by atoms with Crippen molar-refractivity contribution >= 4 is 36.8 Å². The quantitative estimate of drug-likeness (QED) is 0.426. The van der Waals surface area contributed by atoms with Gasteiger partial charge in [0.15, 0.2) is 11.9 Å². The van der Waals surface area contributed by atoms with E-state index < -0.39 is 13.7 Å². The molecule has 3 atom stereocenters. The summed E-state index contributed by atoms with van der Waals surface area (Å²) in [6.45, 7) is 1.67. The minimum atomic E-state index is -1.45. The molecule has 0 amide bonds. The summed E-state index contributed by atoms with van der Waals surface area (Å²) < 4.78 is 11.9. The Hall–Kier alpha value is -0.950. The van der Waals surface area contributed by atoms with Gasteiger partial charge in [0.05, 0.1) is 5.92 Å². The van der Waals surface area contributed by atoms with Gasteiger partial charge in [-0.3, -0.25) is 4.79 Å². The Labute approximate surface area is 160 Å². The number of Topliss-reactive ketones (excluding diaryl/α,β-unsaturated/α-hetero) is 1. The van der Waals surface area contributed by atoms with Crippen molar-refractivity contribution in [3.8, 4) is 0 Å². The zero-order valence-electron chi connectivity index (χ0n) is 14.3. The number of carbonyl (C=O) groups is 1. The summed E-state index contributed by atoms with van der Waals surface area (Å²) in [5.74, 6) is 0.193. The van der Waals surface area contributed by atoms with E-state index in [1.807, 2.05) is 0 Å². The molecule has 1 aromatic carbocycles. The van der Waals surface area contributed by atoms with Crippen molar-refractivity contribution in [1.82, 2.24) is 0 Å². The van der Waals surface area contributed by atoms with Crippen molar-refractivity contribution in [3.05, 3.63) is 57.6 Å². The number of carbonyl (C=O) groups excluding carboxylic acids is 1. The van der Waals surface area contributed by atoms with E-state index in [1.54, 1.807) is 24.9 Å². The Kier molecular flexibility index (Phi) is 6.15. The highest BCUT2D eigenvalue weighted by Gasteiger charge is 2.34. The minimum absolute atomic E-state index is 0.126. The van der Waals surface area contributed by atoms with Crippen molar-refractivity contribution in [2.45, 2.75) is 31.6 Å². The molecule has 3 unspecified atom stereocenters. The van der Waals surface area contributed by atoms with Gasteiger partial charge in [-0.2, -0.15) is 0 Å². The van der Waals surface area contributed by atoms with E-state index in [-0.39, 0.29) is 11.7 Å². The van der Waals surface area contributed by atoms with Crippen LogP contribution in [0.2, 0.25) is 10.0 Å². The van der Waals surface area contributed by atoms with Crippen LogP contribution in [0.15, 0.2) is 42.0 Å². The van der Waals surface area contributed by atoms with Crippen LogP contribution in [0.25, 0.3) is 0 Å². The van der Waals surface area contributed by atoms with Crippen LogP contribution >= 0.6 is 31.0 Å². The van der Waals surface area contributed by atoms with E-state index >= 15 is 0 Å². The first-order chi connectivity index (χ1) is 11.9. The summed E-state index contributed by atoms with van der Waals surface area (Å²) in [5, 5.41) is 1.01. The third-order valence-electron chi connectivity index (χ3n) is 5.02. The van der Waals surface area contributed by atoms with Gasteiger partial charge in [0.25, 0.3) is 0 Å². The van der Waals surface area contributed by atoms with Crippen LogP contribution in [0.4, 0.5) is 0 Å². The van der Waals surface area contributed by atoms with Gasteiger partial charge >= 0.3 is 7.80 Å². The molecular formula is C20H22Cl2O2P+. The first-order valence-corrected chi connectivity index (χ1v) is 11.3. The molecule has 0 saturated heterocycles. The average Bonchev–Trinajstić information content (AvgIpc) is 2.67. The summed E-state index contributed by atoms with van der Waals surface area (Å²) in [5.41, 5.74) is 2.11. The number of halogens is 2. The summed E-state index contributed by atoms with van der Waals surface area (Å²) in [4.78, 5) is 13.3. The second-order valence-electron chi connectivity index (χ2n) is 7.04. The second-order valence-corrected chi connectivity index (χ2v) is 9.50. The number of hydrogen-bond acceptors (Lipinski definition) is 2. The smallest absolute Gasteiger partial charge is 0.298 e. The van der Waals surface area contributed by atoms with Crippen LogP contribution in [0.5, 0.6) is 0 Å². The van der Waals surface area contributed by atoms with Crippen molar-refractivity contribution in [3.63, 3.8) is 0 Å². The van der Waals surface area contributed by atoms with Gasteiger partial charge in [0.2, 0.25) is 0 Å². The molecule has 2 bridgehead atoms. The molecule has 0 spiro atoms. The number of ketones is 1. The molecule has 0 aliphatic heterocycles. The maximum absolute atomic E-state index is 13.3. The van der Waals surface area contributed by atoms with E-state index in [0.717, 1.165) is 31.2 Å². The molecule has 2 nitrogen and oxygen atoms in total. The first kappa shape index (κ1) is 18.8. The Balaban J connectivity index is 1.90. The molecule has 1 saturated carbocycles. The van der Waals surface area contributed by atoms with Crippen LogP contribution in [-0.2, 0) is 9.36 Å². The fraction of sp³-hybridized carbons (Fsp3) is 0.450. The van der Waals surface area contributed by atoms with E-state index in [2.05, 4.69) is 18.2 Å². The third kappa shape index (κ3) is 4.61. The van der Waals surface area contributed by atoms with E-state index in [0.29, 0.717) is 22.1 Å². The summed E-state index contributed by atoms with van der Waals surface area (Å²) in [6.07, 6.45) is 10.8. The molecule has 0 heterocycles. The highest BCUT2D eigenvalue weighted by atomic mass is 35.5. The summed E-state index contributed by atoms with van der Waals surface area (Å²) in [6, 6.07) is 5.20. The van der Waals surface area contributed by atoms with Crippen LogP contribution in [0.3, 0.4) is 0 Å². The van der Waals surface area contributed by atoms with Gasteiger partial charge in [-0.25, -0.2) is 0 Å². The zero-order chi connectivity index (χ0) is 18.0. The fourth-order valence-corrected chi connectivity index (χ4v) is 5.11. The number of benzene rings is 1. The monoisotopic (exact) mass is 395 g/mol. The molecule has 132 valence electrons. The molecule has 0 radical (unpaired) electrons. The van der Waals surface area contributed by atoms with Crippen molar-refractivity contribution in [1.29, 1.82) is 0 Å². The molecule has 5 heteroatoms. The molecular weight excluding hydrogens is 374 g/mol. The van der Waals surface area contributed by atoms with Gasteiger partial charge < -0.3 is 0 Å². The lowest BCUT2D eigenvalue weighted by Crippen LogP contribution is -2.24. The molecule has 0 aromatic heterocycles. The van der Waals surface area contributed by atoms with Gasteiger partial charge in [0.1, 0.15) is 6.66 Å². The first-order valence-electron chi connectivity index (χ1n) is 8.67. The van der Waals surface area contributed by atoms with Gasteiger partial charge in [-0.15, -0.1) is 0 Å². The van der Waals surface area contributed by atoms with Crippen molar-refractivity contribution in [2.75, 3.05) is 12.8 Å². The zero-order valence-corrected chi connectivity index (χ0v) is 16.7. The summed E-state index contributed by atoms with van der Waals surface area (Å²) in [7, 11) is -1.45. The molecule has 3 aliphatic carbocycles. The number of fused-ring (bicyclic) bond motifs is 4. The maximum atomic E-state index is 13.3. The molecule has 1 aromatic rings. The predicted octanol–water partition coefficient (Wildman–Crippen LogP) is 6.41. The number of hydrogen-bond donors (Lipinski definition) is 0. The second kappa shape index (κ2) is 8.16. The van der Waals surface area contributed by atoms with Crippen LogP contribution in [0, 0.1) is 11.8 Å². The van der Waals surface area contributed by atoms with Crippen LogP contribution in [0.1, 0.15) is 37.2 Å². The standard InChI is InChI=1S/C20H22Cl2O2P/c1-25(24)12-18(17-7-6-16(21)11-19(17)22)20(23)15-5-3-2-4-13-8-14(9-13)10-15/h2,4,6-7,10-11,13,15,18H,3,5,8-9,12H2,1H3/q+1. The van der Waals surface area contributed by atoms with Crippen molar-refractivity contribution < 1.29 is 9.36 Å². The Morgan fingerprint density at radius 1 is 1.32 bits per heavy atom. The Morgan fingerprint density at radius 3 is 2.76 bits per heavy atom. The Bertz CT molecular complexity index is 746. The van der Waals surface area contributed by atoms with E-state index in [1.165, 1.54) is 5.57 Å². The van der Waals surface area contributed by atoms with Gasteiger partial charge in [0, 0.05) is 16.0 Å². The van der Waals surface area contributed by atoms with Crippen LogP contribution < -0.4 is 0 Å². The number of allylic oxidation sites excluding steroid dienone is 4. The molecule has 0 N–H and O–H groups in total. The SMILES string of the molecule is C[P+](=O)CC(C(=O)C1C=C2CC(C=CCC1)C2)c1ccc(Cl)cc1Cl. The number of rotatable bonds is 5. The minimum Gasteiger partial charge on any atom is -0.298 e. The Morgan fingerprint density at radius 2 is 2.08 bits per heavy atom. The largest absolute Gasteiger partial charge is 0.336 e. The highest BCUT2D eigenvalue weighted by Crippen LogP contribution is 2.40. The molecule has 4 rings (SSSR count). The van der Waals surface area contributed by atoms with E-state index in [4.69, 9.17) is 23.2 Å². The highest BCUT2D eigenvalue weighted by molar-refractivity contribution is 7.43. The fourth-order valence-electron chi connectivity index (χ4n) is 3.68. The maximum Gasteiger partial charge on any atom is 0.336 e. The van der Waals surface area contributed by atoms with Gasteiger partial charge in [-0.1, -0.05) is 57.6 Å². The van der Waals surface area contributed by atoms with Gasteiger partial charge in [-0.05, 0) is 49.3 Å². The van der Waals surface area contributed by atoms with Crippen LogP contribution in [-0.4, -0.2) is 18.6 Å². The summed E-state index contributed by atoms with van der Waals surface area (Å²) >= 11 is 12.3. The van der Waals surface area contributed by atoms with E-state index in [9.17, 15) is 9.36 Å². The lowest BCUT2D eigenvalue weighted by molar-refractivity contribution is -0.122. The molecule has 1 fully saturated rings. The van der Waals surface area contributed by atoms with Crippen molar-refractivity contribution in [2.24, 2.45) is 11.8 Å². The lowest BCUT2D eigenvalue weighted by Gasteiger charge is -2.27. The molecule has 3 aliphatic rings. The normalized spacial score (nSPS) is 24.3. The molecule has 25 heavy (non-hydrogen) atoms. The average molecular weight is 396 g/mol. The third-order valence-corrected chi connectivity index (χ3v) is 6.47.